The maximum atomic E-state index is 5.31. The molecular weight excluding hydrogens is 188 g/mol. The third-order valence-electron chi connectivity index (χ3n) is 2.65. The smallest absolute Gasteiger partial charge is 0.0980 e. The predicted molar refractivity (Wildman–Crippen MR) is 60.1 cm³/mol. The van der Waals surface area contributed by atoms with E-state index in [0.29, 0.717) is 0 Å². The van der Waals surface area contributed by atoms with Crippen molar-refractivity contribution in [2.45, 2.75) is 19.3 Å². The van der Waals surface area contributed by atoms with Crippen molar-refractivity contribution in [2.24, 2.45) is 0 Å². The fourth-order valence-electron chi connectivity index (χ4n) is 1.84. The van der Waals surface area contributed by atoms with Gasteiger partial charge in [-0.15, -0.1) is 0 Å². The summed E-state index contributed by atoms with van der Waals surface area (Å²) in [4.78, 5) is 0. The van der Waals surface area contributed by atoms with Gasteiger partial charge in [0.2, 0.25) is 0 Å². The van der Waals surface area contributed by atoms with Gasteiger partial charge in [0.25, 0.3) is 0 Å². The zero-order valence-electron chi connectivity index (χ0n) is 9.03. The third kappa shape index (κ3) is 2.39. The largest absolute Gasteiger partial charge is 0.472 e. The fourth-order valence-corrected chi connectivity index (χ4v) is 1.84. The standard InChI is InChI=1S/C13H16O2/c1-14-8-3-2-5-11-9-15-10-12-6-4-7-13(11)12/h4,6-7,9-10H,2-3,5,8H2,1H3. The summed E-state index contributed by atoms with van der Waals surface area (Å²) in [6.07, 6.45) is 6.97. The second kappa shape index (κ2) is 4.99. The van der Waals surface area contributed by atoms with Crippen LogP contribution in [-0.4, -0.2) is 13.7 Å². The molecule has 1 aliphatic carbocycles. The topological polar surface area (TPSA) is 22.4 Å². The molecule has 1 heterocycles. The molecule has 0 radical (unpaired) electrons. The molecule has 2 rings (SSSR count). The van der Waals surface area contributed by atoms with Crippen molar-refractivity contribution in [3.8, 4) is 11.1 Å². The van der Waals surface area contributed by atoms with Crippen LogP contribution in [0.5, 0.6) is 0 Å². The molecule has 0 saturated carbocycles. The maximum absolute atomic E-state index is 5.31. The minimum atomic E-state index is 0.841. The van der Waals surface area contributed by atoms with Gasteiger partial charge >= 0.3 is 0 Å². The van der Waals surface area contributed by atoms with Crippen LogP contribution in [0.3, 0.4) is 0 Å². The SMILES string of the molecule is COCCCCc1cocc2cccc1-2. The highest BCUT2D eigenvalue weighted by molar-refractivity contribution is 5.68. The van der Waals surface area contributed by atoms with Crippen molar-refractivity contribution in [1.82, 2.24) is 0 Å². The molecule has 2 heteroatoms. The van der Waals surface area contributed by atoms with E-state index >= 15 is 0 Å². The number of unbranched alkanes of at least 4 members (excludes halogenated alkanes) is 1. The molecule has 0 spiro atoms. The maximum Gasteiger partial charge on any atom is 0.0980 e. The molecule has 0 unspecified atom stereocenters. The molecule has 0 fully saturated rings. The molecule has 0 aromatic carbocycles. The van der Waals surface area contributed by atoms with Gasteiger partial charge in [-0.1, -0.05) is 18.2 Å². The van der Waals surface area contributed by atoms with E-state index in [-0.39, 0.29) is 0 Å². The van der Waals surface area contributed by atoms with Crippen LogP contribution in [0.2, 0.25) is 0 Å². The van der Waals surface area contributed by atoms with E-state index in [1.54, 1.807) is 13.4 Å². The Morgan fingerprint density at radius 1 is 1.20 bits per heavy atom. The van der Waals surface area contributed by atoms with Crippen molar-refractivity contribution < 1.29 is 9.15 Å². The monoisotopic (exact) mass is 204 g/mol. The number of hydrogen-bond acceptors (Lipinski definition) is 2. The first kappa shape index (κ1) is 10.2. The van der Waals surface area contributed by atoms with Crippen LogP contribution in [-0.2, 0) is 11.2 Å². The lowest BCUT2D eigenvalue weighted by molar-refractivity contribution is 0.193. The second-order valence-electron chi connectivity index (χ2n) is 3.74. The van der Waals surface area contributed by atoms with E-state index in [9.17, 15) is 0 Å². The zero-order valence-corrected chi connectivity index (χ0v) is 9.03. The van der Waals surface area contributed by atoms with Gasteiger partial charge < -0.3 is 9.15 Å². The van der Waals surface area contributed by atoms with Gasteiger partial charge in [-0.05, 0) is 30.4 Å². The highest BCUT2D eigenvalue weighted by atomic mass is 16.5. The average molecular weight is 204 g/mol. The summed E-state index contributed by atoms with van der Waals surface area (Å²) in [5, 5.41) is 0. The fraction of sp³-hybridized carbons (Fsp3) is 0.385. The predicted octanol–water partition coefficient (Wildman–Crippen LogP) is 3.35. The van der Waals surface area contributed by atoms with Crippen molar-refractivity contribution in [2.75, 3.05) is 13.7 Å². The summed E-state index contributed by atoms with van der Waals surface area (Å²) >= 11 is 0. The van der Waals surface area contributed by atoms with Crippen molar-refractivity contribution in [1.29, 1.82) is 0 Å². The minimum Gasteiger partial charge on any atom is -0.472 e. The van der Waals surface area contributed by atoms with Gasteiger partial charge in [0.15, 0.2) is 0 Å². The number of hydrogen-bond donors (Lipinski definition) is 0. The van der Waals surface area contributed by atoms with Gasteiger partial charge in [0.05, 0.1) is 12.5 Å². The van der Waals surface area contributed by atoms with E-state index in [1.165, 1.54) is 16.7 Å². The van der Waals surface area contributed by atoms with Gasteiger partial charge in [0.1, 0.15) is 0 Å². The molecule has 0 aromatic heterocycles. The Morgan fingerprint density at radius 2 is 2.13 bits per heavy atom. The number of aryl methyl sites for hydroxylation is 1. The summed E-state index contributed by atoms with van der Waals surface area (Å²) in [7, 11) is 1.74. The molecule has 0 saturated heterocycles. The molecule has 15 heavy (non-hydrogen) atoms. The molecule has 80 valence electrons. The van der Waals surface area contributed by atoms with Gasteiger partial charge in [-0.3, -0.25) is 0 Å². The Bertz CT molecular complexity index is 378. The van der Waals surface area contributed by atoms with Crippen LogP contribution in [0, 0.1) is 0 Å². The molecule has 0 aromatic rings. The van der Waals surface area contributed by atoms with Crippen LogP contribution in [0.15, 0.2) is 35.1 Å². The Hall–Kier alpha value is -1.28. The van der Waals surface area contributed by atoms with Crippen LogP contribution in [0.4, 0.5) is 0 Å². The van der Waals surface area contributed by atoms with Crippen molar-refractivity contribution >= 4 is 0 Å². The number of ether oxygens (including phenoxy) is 1. The average Bonchev–Trinajstić information content (AvgIpc) is 2.73. The summed E-state index contributed by atoms with van der Waals surface area (Å²) in [5.41, 5.74) is 3.81. The lowest BCUT2D eigenvalue weighted by Gasteiger charge is -2.06. The highest BCUT2D eigenvalue weighted by Crippen LogP contribution is 2.27. The molecular formula is C13H16O2. The Balaban J connectivity index is 1.99. The normalized spacial score (nSPS) is 11.0. The van der Waals surface area contributed by atoms with E-state index in [4.69, 9.17) is 9.15 Å². The lowest BCUT2D eigenvalue weighted by atomic mass is 10.0. The van der Waals surface area contributed by atoms with Crippen LogP contribution >= 0.6 is 0 Å². The Kier molecular flexibility index (Phi) is 3.41. The van der Waals surface area contributed by atoms with Gasteiger partial charge in [-0.2, -0.15) is 0 Å². The summed E-state index contributed by atoms with van der Waals surface area (Å²) in [5.74, 6) is 0. The number of methoxy groups -OCH3 is 1. The Labute approximate surface area is 90.2 Å². The second-order valence-corrected chi connectivity index (χ2v) is 3.74. The molecule has 0 N–H and O–H groups in total. The van der Waals surface area contributed by atoms with Gasteiger partial charge in [-0.25, -0.2) is 0 Å². The first-order valence-electron chi connectivity index (χ1n) is 5.34. The molecule has 1 aliphatic heterocycles. The molecule has 0 amide bonds. The number of fused-ring (bicyclic) bond motifs is 1. The van der Waals surface area contributed by atoms with Crippen molar-refractivity contribution in [3.63, 3.8) is 0 Å². The minimum absolute atomic E-state index is 0.841. The summed E-state index contributed by atoms with van der Waals surface area (Å²) in [6, 6.07) is 6.30. The molecule has 0 bridgehead atoms. The lowest BCUT2D eigenvalue weighted by Crippen LogP contribution is -1.93. The van der Waals surface area contributed by atoms with E-state index < -0.39 is 0 Å². The Morgan fingerprint density at radius 3 is 3.00 bits per heavy atom. The first-order valence-corrected chi connectivity index (χ1v) is 5.34. The molecule has 2 aliphatic rings. The molecule has 2 nitrogen and oxygen atoms in total. The summed E-state index contributed by atoms with van der Waals surface area (Å²) in [6.45, 7) is 0.841. The zero-order chi connectivity index (χ0) is 10.5. The van der Waals surface area contributed by atoms with Crippen molar-refractivity contribution in [3.05, 3.63) is 36.3 Å². The van der Waals surface area contributed by atoms with E-state index in [1.807, 2.05) is 6.26 Å². The van der Waals surface area contributed by atoms with E-state index in [0.717, 1.165) is 25.9 Å². The first-order chi connectivity index (χ1) is 7.42. The quantitative estimate of drug-likeness (QED) is 0.697. The van der Waals surface area contributed by atoms with Crippen LogP contribution in [0.25, 0.3) is 11.1 Å². The van der Waals surface area contributed by atoms with Crippen LogP contribution in [0.1, 0.15) is 18.4 Å². The number of rotatable bonds is 5. The molecule has 0 atom stereocenters. The van der Waals surface area contributed by atoms with Gasteiger partial charge in [0, 0.05) is 19.3 Å². The third-order valence-corrected chi connectivity index (χ3v) is 2.65. The van der Waals surface area contributed by atoms with E-state index in [2.05, 4.69) is 18.2 Å². The summed E-state index contributed by atoms with van der Waals surface area (Å²) < 4.78 is 10.3. The van der Waals surface area contributed by atoms with Crippen LogP contribution < -0.4 is 0 Å². The highest BCUT2D eigenvalue weighted by Gasteiger charge is 2.07.